The third-order valence-corrected chi connectivity index (χ3v) is 5.34. The van der Waals surface area contributed by atoms with Crippen molar-refractivity contribution in [3.63, 3.8) is 0 Å². The lowest BCUT2D eigenvalue weighted by Crippen LogP contribution is -2.36. The molecule has 0 spiro atoms. The first-order valence-electron chi connectivity index (χ1n) is 9.42. The zero-order valence-electron chi connectivity index (χ0n) is 17.0. The normalized spacial score (nSPS) is 17.5. The number of benzene rings is 1. The average Bonchev–Trinajstić information content (AvgIpc) is 3.07. The van der Waals surface area contributed by atoms with Crippen molar-refractivity contribution in [1.29, 1.82) is 0 Å². The van der Waals surface area contributed by atoms with E-state index in [9.17, 15) is 22.8 Å². The van der Waals surface area contributed by atoms with Gasteiger partial charge >= 0.3 is 0 Å². The SMILES string of the molecule is COc1cc(F)c(C2CC(=O)N(c3c(C)ccn(CC(CF)OC)c3=O)C2)c(F)c1. The number of hydrogen-bond donors (Lipinski definition) is 0. The van der Waals surface area contributed by atoms with E-state index in [1.165, 1.54) is 29.9 Å². The van der Waals surface area contributed by atoms with Crippen molar-refractivity contribution in [1.82, 2.24) is 4.57 Å². The second kappa shape index (κ2) is 8.91. The van der Waals surface area contributed by atoms with Crippen molar-refractivity contribution in [2.24, 2.45) is 0 Å². The molecule has 1 aliphatic heterocycles. The van der Waals surface area contributed by atoms with Gasteiger partial charge in [-0.1, -0.05) is 0 Å². The van der Waals surface area contributed by atoms with Crippen molar-refractivity contribution < 1.29 is 27.4 Å². The van der Waals surface area contributed by atoms with Gasteiger partial charge in [0.15, 0.2) is 0 Å². The number of carbonyl (C=O) groups excluding carboxylic acids is 1. The van der Waals surface area contributed by atoms with E-state index in [2.05, 4.69) is 0 Å². The molecule has 2 aromatic rings. The van der Waals surface area contributed by atoms with Crippen LogP contribution in [-0.4, -0.2) is 44.0 Å². The maximum Gasteiger partial charge on any atom is 0.274 e. The number of hydrogen-bond acceptors (Lipinski definition) is 4. The maximum absolute atomic E-state index is 14.5. The molecule has 0 N–H and O–H groups in total. The van der Waals surface area contributed by atoms with Gasteiger partial charge in [-0.25, -0.2) is 13.2 Å². The Bertz CT molecular complexity index is 981. The van der Waals surface area contributed by atoms with Gasteiger partial charge in [0.05, 0.1) is 13.7 Å². The third-order valence-electron chi connectivity index (χ3n) is 5.34. The van der Waals surface area contributed by atoms with Crippen molar-refractivity contribution >= 4 is 11.6 Å². The Balaban J connectivity index is 1.95. The number of amides is 1. The number of aromatic nitrogens is 1. The highest BCUT2D eigenvalue weighted by Crippen LogP contribution is 2.35. The second-order valence-electron chi connectivity index (χ2n) is 7.23. The lowest BCUT2D eigenvalue weighted by atomic mass is 9.97. The molecule has 1 aromatic heterocycles. The first-order valence-corrected chi connectivity index (χ1v) is 9.42. The van der Waals surface area contributed by atoms with Gasteiger partial charge in [0.25, 0.3) is 5.56 Å². The number of halogens is 3. The Kier molecular flexibility index (Phi) is 6.50. The molecule has 0 saturated carbocycles. The van der Waals surface area contributed by atoms with Crippen LogP contribution in [0, 0.1) is 18.6 Å². The predicted molar refractivity (Wildman–Crippen MR) is 105 cm³/mol. The van der Waals surface area contributed by atoms with Gasteiger partial charge in [-0.15, -0.1) is 0 Å². The van der Waals surface area contributed by atoms with Gasteiger partial charge in [0.1, 0.15) is 35.8 Å². The summed E-state index contributed by atoms with van der Waals surface area (Å²) in [5, 5.41) is 0. The number of anilines is 1. The van der Waals surface area contributed by atoms with Crippen molar-refractivity contribution in [2.45, 2.75) is 31.9 Å². The van der Waals surface area contributed by atoms with Crippen LogP contribution in [0.4, 0.5) is 18.9 Å². The molecule has 30 heavy (non-hydrogen) atoms. The molecular formula is C21H23F3N2O4. The molecule has 1 fully saturated rings. The summed E-state index contributed by atoms with van der Waals surface area (Å²) >= 11 is 0. The molecular weight excluding hydrogens is 401 g/mol. The van der Waals surface area contributed by atoms with Gasteiger partial charge in [-0.05, 0) is 18.6 Å². The molecule has 0 bridgehead atoms. The van der Waals surface area contributed by atoms with Gasteiger partial charge in [0, 0.05) is 49.9 Å². The summed E-state index contributed by atoms with van der Waals surface area (Å²) < 4.78 is 53.1. The lowest BCUT2D eigenvalue weighted by molar-refractivity contribution is -0.117. The monoisotopic (exact) mass is 424 g/mol. The molecule has 9 heteroatoms. The quantitative estimate of drug-likeness (QED) is 0.686. The zero-order chi connectivity index (χ0) is 22.0. The van der Waals surface area contributed by atoms with Crippen LogP contribution in [0.3, 0.4) is 0 Å². The third kappa shape index (κ3) is 4.07. The van der Waals surface area contributed by atoms with Crippen LogP contribution in [0.2, 0.25) is 0 Å². The largest absolute Gasteiger partial charge is 0.497 e. The topological polar surface area (TPSA) is 60.8 Å². The molecule has 1 aliphatic rings. The average molecular weight is 424 g/mol. The Hall–Kier alpha value is -2.81. The van der Waals surface area contributed by atoms with Crippen LogP contribution in [0.15, 0.2) is 29.2 Å². The first kappa shape index (κ1) is 21.9. The minimum absolute atomic E-state index is 0.0215. The van der Waals surface area contributed by atoms with Crippen LogP contribution in [-0.2, 0) is 16.1 Å². The number of nitrogens with zero attached hydrogens (tertiary/aromatic N) is 2. The van der Waals surface area contributed by atoms with E-state index in [-0.39, 0.29) is 36.5 Å². The number of aryl methyl sites for hydroxylation is 1. The van der Waals surface area contributed by atoms with Crippen LogP contribution in [0.5, 0.6) is 5.75 Å². The molecule has 2 unspecified atom stereocenters. The van der Waals surface area contributed by atoms with Crippen LogP contribution in [0.1, 0.15) is 23.5 Å². The van der Waals surface area contributed by atoms with E-state index in [0.29, 0.717) is 5.56 Å². The molecule has 2 heterocycles. The summed E-state index contributed by atoms with van der Waals surface area (Å²) in [4.78, 5) is 26.9. The smallest absolute Gasteiger partial charge is 0.274 e. The standard InChI is InChI=1S/C21H23F3N2O4/c1-12-4-5-25(11-15(9-22)30-3)21(28)20(12)26-10-13(6-18(26)27)19-16(23)7-14(29-2)8-17(19)24/h4-5,7-8,13,15H,6,9-11H2,1-3H3. The summed E-state index contributed by atoms with van der Waals surface area (Å²) in [6, 6.07) is 3.76. The van der Waals surface area contributed by atoms with Crippen LogP contribution < -0.4 is 15.2 Å². The molecule has 0 aliphatic carbocycles. The molecule has 1 aromatic carbocycles. The Morgan fingerprint density at radius 3 is 2.43 bits per heavy atom. The summed E-state index contributed by atoms with van der Waals surface area (Å²) in [5.74, 6) is -2.74. The minimum atomic E-state index is -0.806. The highest BCUT2D eigenvalue weighted by molar-refractivity contribution is 5.97. The molecule has 162 valence electrons. The summed E-state index contributed by atoms with van der Waals surface area (Å²) in [6.07, 6.45) is 0.561. The van der Waals surface area contributed by atoms with E-state index < -0.39 is 41.8 Å². The van der Waals surface area contributed by atoms with Gasteiger partial charge in [0.2, 0.25) is 5.91 Å². The molecule has 1 saturated heterocycles. The van der Waals surface area contributed by atoms with Crippen molar-refractivity contribution in [3.8, 4) is 5.75 Å². The van der Waals surface area contributed by atoms with E-state index >= 15 is 0 Å². The van der Waals surface area contributed by atoms with Gasteiger partial charge in [-0.2, -0.15) is 0 Å². The van der Waals surface area contributed by atoms with Crippen LogP contribution >= 0.6 is 0 Å². The summed E-state index contributed by atoms with van der Waals surface area (Å²) in [6.45, 7) is 0.828. The zero-order valence-corrected chi connectivity index (χ0v) is 17.0. The fraction of sp³-hybridized carbons (Fsp3) is 0.429. The number of methoxy groups -OCH3 is 2. The molecule has 3 rings (SSSR count). The summed E-state index contributed by atoms with van der Waals surface area (Å²) in [5.41, 5.74) is -0.0456. The van der Waals surface area contributed by atoms with Crippen molar-refractivity contribution in [2.75, 3.05) is 32.3 Å². The van der Waals surface area contributed by atoms with E-state index in [0.717, 1.165) is 12.1 Å². The van der Waals surface area contributed by atoms with Crippen LogP contribution in [0.25, 0.3) is 0 Å². The van der Waals surface area contributed by atoms with E-state index in [4.69, 9.17) is 9.47 Å². The van der Waals surface area contributed by atoms with E-state index in [1.54, 1.807) is 13.0 Å². The Labute approximate surface area is 171 Å². The van der Waals surface area contributed by atoms with E-state index in [1.807, 2.05) is 0 Å². The summed E-state index contributed by atoms with van der Waals surface area (Å²) in [7, 11) is 2.64. The predicted octanol–water partition coefficient (Wildman–Crippen LogP) is 2.95. The fourth-order valence-corrected chi connectivity index (χ4v) is 3.72. The van der Waals surface area contributed by atoms with Crippen molar-refractivity contribution in [3.05, 3.63) is 57.5 Å². The molecule has 2 atom stereocenters. The number of ether oxygens (including phenoxy) is 2. The molecule has 0 radical (unpaired) electrons. The molecule has 1 amide bonds. The minimum Gasteiger partial charge on any atom is -0.497 e. The number of rotatable bonds is 7. The Morgan fingerprint density at radius 2 is 1.87 bits per heavy atom. The Morgan fingerprint density at radius 1 is 1.20 bits per heavy atom. The number of carbonyl (C=O) groups is 1. The highest BCUT2D eigenvalue weighted by atomic mass is 19.1. The number of pyridine rings is 1. The lowest BCUT2D eigenvalue weighted by Gasteiger charge is -2.21. The van der Waals surface area contributed by atoms with Gasteiger partial charge in [-0.3, -0.25) is 9.59 Å². The van der Waals surface area contributed by atoms with Gasteiger partial charge < -0.3 is 18.9 Å². The number of alkyl halides is 1. The first-order chi connectivity index (χ1) is 14.3. The maximum atomic E-state index is 14.5. The second-order valence-corrected chi connectivity index (χ2v) is 7.23. The highest BCUT2D eigenvalue weighted by Gasteiger charge is 2.37. The fourth-order valence-electron chi connectivity index (χ4n) is 3.72. The molecule has 6 nitrogen and oxygen atoms in total.